The third-order valence-corrected chi connectivity index (χ3v) is 4.11. The molecule has 0 aliphatic rings. The van der Waals surface area contributed by atoms with Gasteiger partial charge in [-0.05, 0) is 42.5 Å². The Morgan fingerprint density at radius 2 is 1.86 bits per heavy atom. The quantitative estimate of drug-likeness (QED) is 0.806. The summed E-state index contributed by atoms with van der Waals surface area (Å²) in [6, 6.07) is 12.6. The zero-order chi connectivity index (χ0) is 15.9. The lowest BCUT2D eigenvalue weighted by Gasteiger charge is -2.10. The van der Waals surface area contributed by atoms with Gasteiger partial charge in [0.05, 0.1) is 25.7 Å². The summed E-state index contributed by atoms with van der Waals surface area (Å²) < 4.78 is 10.3. The van der Waals surface area contributed by atoms with Crippen molar-refractivity contribution in [3.8, 4) is 11.5 Å². The summed E-state index contributed by atoms with van der Waals surface area (Å²) in [5.74, 6) is 1.54. The van der Waals surface area contributed by atoms with Gasteiger partial charge in [-0.2, -0.15) is 0 Å². The first-order chi connectivity index (χ1) is 10.6. The van der Waals surface area contributed by atoms with E-state index in [0.717, 1.165) is 10.6 Å². The molecule has 0 aromatic heterocycles. The highest BCUT2D eigenvalue weighted by Crippen LogP contribution is 2.28. The van der Waals surface area contributed by atoms with Crippen LogP contribution in [0, 0.1) is 0 Å². The van der Waals surface area contributed by atoms with Gasteiger partial charge in [-0.15, -0.1) is 11.8 Å². The van der Waals surface area contributed by atoms with Crippen LogP contribution in [0.3, 0.4) is 0 Å². The number of hydrogen-bond acceptors (Lipinski definition) is 4. The summed E-state index contributed by atoms with van der Waals surface area (Å²) >= 11 is 7.38. The van der Waals surface area contributed by atoms with Crippen LogP contribution in [0.25, 0.3) is 0 Å². The molecule has 0 saturated carbocycles. The minimum absolute atomic E-state index is 0.124. The first-order valence-corrected chi connectivity index (χ1v) is 7.89. The summed E-state index contributed by atoms with van der Waals surface area (Å²) in [5.41, 5.74) is 0.565. The van der Waals surface area contributed by atoms with Crippen molar-refractivity contribution < 1.29 is 14.3 Å². The molecule has 0 fully saturated rings. The average molecular weight is 338 g/mol. The Labute approximate surface area is 138 Å². The Kier molecular flexibility index (Phi) is 5.98. The number of anilines is 1. The number of benzene rings is 2. The highest BCUT2D eigenvalue weighted by atomic mass is 35.5. The van der Waals surface area contributed by atoms with Crippen molar-refractivity contribution in [1.29, 1.82) is 0 Å². The summed E-state index contributed by atoms with van der Waals surface area (Å²) in [7, 11) is 3.17. The van der Waals surface area contributed by atoms with E-state index in [1.807, 2.05) is 24.3 Å². The first kappa shape index (κ1) is 16.5. The second-order valence-corrected chi connectivity index (χ2v) is 5.84. The molecule has 0 unspecified atom stereocenters. The molecule has 0 atom stereocenters. The zero-order valence-corrected chi connectivity index (χ0v) is 13.8. The van der Waals surface area contributed by atoms with E-state index in [-0.39, 0.29) is 5.91 Å². The summed E-state index contributed by atoms with van der Waals surface area (Å²) in [4.78, 5) is 13.0. The minimum Gasteiger partial charge on any atom is -0.497 e. The molecule has 2 rings (SSSR count). The third-order valence-electron chi connectivity index (χ3n) is 2.86. The van der Waals surface area contributed by atoms with Gasteiger partial charge in [0.1, 0.15) is 11.5 Å². The van der Waals surface area contributed by atoms with Crippen LogP contribution in [0.5, 0.6) is 11.5 Å². The van der Waals surface area contributed by atoms with Gasteiger partial charge in [0.15, 0.2) is 0 Å². The monoisotopic (exact) mass is 337 g/mol. The smallest absolute Gasteiger partial charge is 0.234 e. The molecule has 4 nitrogen and oxygen atoms in total. The molecule has 1 N–H and O–H groups in total. The number of ether oxygens (including phenoxy) is 2. The molecule has 0 saturated heterocycles. The second-order valence-electron chi connectivity index (χ2n) is 4.36. The molecule has 2 aromatic rings. The van der Waals surface area contributed by atoms with Crippen molar-refractivity contribution in [2.75, 3.05) is 25.3 Å². The van der Waals surface area contributed by atoms with E-state index in [1.165, 1.54) is 11.8 Å². The normalized spacial score (nSPS) is 10.1. The van der Waals surface area contributed by atoms with E-state index in [1.54, 1.807) is 32.4 Å². The Morgan fingerprint density at radius 3 is 2.50 bits per heavy atom. The number of nitrogens with one attached hydrogen (secondary N) is 1. The lowest BCUT2D eigenvalue weighted by atomic mass is 10.3. The molecule has 0 bridgehead atoms. The number of amides is 1. The summed E-state index contributed by atoms with van der Waals surface area (Å²) in [5, 5.41) is 3.34. The van der Waals surface area contributed by atoms with E-state index in [2.05, 4.69) is 5.32 Å². The van der Waals surface area contributed by atoms with Crippen molar-refractivity contribution in [2.45, 2.75) is 4.90 Å². The van der Waals surface area contributed by atoms with Gasteiger partial charge in [-0.25, -0.2) is 0 Å². The highest BCUT2D eigenvalue weighted by Gasteiger charge is 2.09. The van der Waals surface area contributed by atoms with E-state index in [9.17, 15) is 4.79 Å². The summed E-state index contributed by atoms with van der Waals surface area (Å²) in [6.07, 6.45) is 0. The van der Waals surface area contributed by atoms with E-state index in [0.29, 0.717) is 22.2 Å². The lowest BCUT2D eigenvalue weighted by molar-refractivity contribution is -0.113. The predicted molar refractivity (Wildman–Crippen MR) is 90.4 cm³/mol. The summed E-state index contributed by atoms with van der Waals surface area (Å²) in [6.45, 7) is 0. The van der Waals surface area contributed by atoms with E-state index in [4.69, 9.17) is 21.1 Å². The number of carbonyl (C=O) groups excluding carboxylic acids is 1. The van der Waals surface area contributed by atoms with Crippen LogP contribution < -0.4 is 14.8 Å². The molecule has 2 aromatic carbocycles. The standard InChI is InChI=1S/C16H16ClNO3S/c1-20-12-4-6-13(7-5-12)22-10-16(19)18-14-9-11(17)3-8-15(14)21-2/h3-9H,10H2,1-2H3,(H,18,19). The number of rotatable bonds is 6. The van der Waals surface area contributed by atoms with E-state index >= 15 is 0 Å². The maximum absolute atomic E-state index is 12.0. The Bertz CT molecular complexity index is 646. The largest absolute Gasteiger partial charge is 0.497 e. The number of thioether (sulfide) groups is 1. The molecular formula is C16H16ClNO3S. The number of methoxy groups -OCH3 is 2. The van der Waals surface area contributed by atoms with Gasteiger partial charge in [0, 0.05) is 9.92 Å². The van der Waals surface area contributed by atoms with Crippen LogP contribution >= 0.6 is 23.4 Å². The van der Waals surface area contributed by atoms with Crippen molar-refractivity contribution in [3.05, 3.63) is 47.5 Å². The molecular weight excluding hydrogens is 322 g/mol. The van der Waals surface area contributed by atoms with Crippen LogP contribution in [-0.4, -0.2) is 25.9 Å². The molecule has 22 heavy (non-hydrogen) atoms. The Morgan fingerprint density at radius 1 is 1.14 bits per heavy atom. The lowest BCUT2D eigenvalue weighted by Crippen LogP contribution is -2.14. The predicted octanol–water partition coefficient (Wildman–Crippen LogP) is 4.09. The second kappa shape index (κ2) is 7.96. The van der Waals surface area contributed by atoms with Crippen molar-refractivity contribution >= 4 is 35.0 Å². The van der Waals surface area contributed by atoms with Crippen LogP contribution in [-0.2, 0) is 4.79 Å². The number of carbonyl (C=O) groups is 1. The van der Waals surface area contributed by atoms with Gasteiger partial charge >= 0.3 is 0 Å². The molecule has 1 amide bonds. The maximum atomic E-state index is 12.0. The molecule has 116 valence electrons. The fourth-order valence-corrected chi connectivity index (χ4v) is 2.66. The fourth-order valence-electron chi connectivity index (χ4n) is 1.79. The Balaban J connectivity index is 1.94. The fraction of sp³-hybridized carbons (Fsp3) is 0.188. The van der Waals surface area contributed by atoms with Gasteiger partial charge in [0.2, 0.25) is 5.91 Å². The van der Waals surface area contributed by atoms with Gasteiger partial charge in [-0.3, -0.25) is 4.79 Å². The van der Waals surface area contributed by atoms with Crippen molar-refractivity contribution in [1.82, 2.24) is 0 Å². The zero-order valence-electron chi connectivity index (χ0n) is 12.3. The topological polar surface area (TPSA) is 47.6 Å². The van der Waals surface area contributed by atoms with Crippen molar-refractivity contribution in [3.63, 3.8) is 0 Å². The van der Waals surface area contributed by atoms with Crippen LogP contribution in [0.1, 0.15) is 0 Å². The third kappa shape index (κ3) is 4.58. The number of hydrogen-bond donors (Lipinski definition) is 1. The van der Waals surface area contributed by atoms with E-state index < -0.39 is 0 Å². The first-order valence-electron chi connectivity index (χ1n) is 6.52. The molecule has 0 aliphatic carbocycles. The number of halogens is 1. The molecule has 0 heterocycles. The Hall–Kier alpha value is -1.85. The average Bonchev–Trinajstić information content (AvgIpc) is 2.53. The highest BCUT2D eigenvalue weighted by molar-refractivity contribution is 8.00. The SMILES string of the molecule is COc1ccc(SCC(=O)Nc2cc(Cl)ccc2OC)cc1. The van der Waals surface area contributed by atoms with Gasteiger partial charge in [0.25, 0.3) is 0 Å². The minimum atomic E-state index is -0.124. The van der Waals surface area contributed by atoms with Crippen molar-refractivity contribution in [2.24, 2.45) is 0 Å². The molecule has 0 aliphatic heterocycles. The molecule has 0 spiro atoms. The molecule has 0 radical (unpaired) electrons. The van der Waals surface area contributed by atoms with Gasteiger partial charge < -0.3 is 14.8 Å². The maximum Gasteiger partial charge on any atom is 0.234 e. The van der Waals surface area contributed by atoms with Crippen LogP contribution in [0.2, 0.25) is 5.02 Å². The molecule has 6 heteroatoms. The van der Waals surface area contributed by atoms with Crippen LogP contribution in [0.4, 0.5) is 5.69 Å². The van der Waals surface area contributed by atoms with Gasteiger partial charge in [-0.1, -0.05) is 11.6 Å². The van der Waals surface area contributed by atoms with Crippen LogP contribution in [0.15, 0.2) is 47.4 Å².